The van der Waals surface area contributed by atoms with Crippen molar-refractivity contribution in [3.05, 3.63) is 41.0 Å². The third kappa shape index (κ3) is 4.10. The molecule has 1 amide bonds. The van der Waals surface area contributed by atoms with Crippen LogP contribution in [-0.4, -0.2) is 40.8 Å². The maximum absolute atomic E-state index is 14.1. The summed E-state index contributed by atoms with van der Waals surface area (Å²) in [6.07, 6.45) is -1.03. The van der Waals surface area contributed by atoms with Crippen LogP contribution < -0.4 is 0 Å². The second-order valence-electron chi connectivity index (χ2n) is 6.54. The Hall–Kier alpha value is -2.44. The van der Waals surface area contributed by atoms with Gasteiger partial charge in [0.05, 0.1) is 12.1 Å². The van der Waals surface area contributed by atoms with Crippen molar-refractivity contribution in [2.24, 2.45) is 0 Å². The van der Waals surface area contributed by atoms with Crippen molar-refractivity contribution in [2.45, 2.75) is 32.8 Å². The summed E-state index contributed by atoms with van der Waals surface area (Å²) in [7, 11) is 0. The maximum Gasteiger partial charge on any atom is 0.407 e. The fourth-order valence-electron chi connectivity index (χ4n) is 2.49. The smallest absolute Gasteiger partial charge is 0.407 e. The molecule has 0 bridgehead atoms. The summed E-state index contributed by atoms with van der Waals surface area (Å²) in [5.74, 6) is -2.22. The molecule has 7 heteroatoms. The minimum absolute atomic E-state index is 0.0732. The van der Waals surface area contributed by atoms with E-state index in [9.17, 15) is 18.4 Å². The predicted molar refractivity (Wildman–Crippen MR) is 83.3 cm³/mol. The molecule has 5 nitrogen and oxygen atoms in total. The number of carbonyl (C=O) groups is 2. The Morgan fingerprint density at radius 1 is 1.25 bits per heavy atom. The first-order valence-electron chi connectivity index (χ1n) is 7.47. The van der Waals surface area contributed by atoms with Crippen LogP contribution in [-0.2, 0) is 9.53 Å². The Labute approximate surface area is 138 Å². The normalized spacial score (nSPS) is 15.5. The second kappa shape index (κ2) is 6.59. The van der Waals surface area contributed by atoms with Crippen LogP contribution in [0.3, 0.4) is 0 Å². The predicted octanol–water partition coefficient (Wildman–Crippen LogP) is 3.44. The van der Waals surface area contributed by atoms with E-state index < -0.39 is 29.3 Å². The van der Waals surface area contributed by atoms with E-state index in [-0.39, 0.29) is 30.6 Å². The van der Waals surface area contributed by atoms with E-state index in [0.717, 1.165) is 17.0 Å². The van der Waals surface area contributed by atoms with Crippen molar-refractivity contribution in [1.82, 2.24) is 4.90 Å². The Morgan fingerprint density at radius 2 is 1.92 bits per heavy atom. The van der Waals surface area contributed by atoms with Gasteiger partial charge in [-0.25, -0.2) is 18.4 Å². The number of rotatable bonds is 2. The molecule has 130 valence electrons. The third-order valence-electron chi connectivity index (χ3n) is 3.52. The fourth-order valence-corrected chi connectivity index (χ4v) is 2.49. The molecule has 1 aliphatic heterocycles. The van der Waals surface area contributed by atoms with Crippen molar-refractivity contribution < 1.29 is 28.2 Å². The van der Waals surface area contributed by atoms with Gasteiger partial charge in [-0.1, -0.05) is 0 Å². The summed E-state index contributed by atoms with van der Waals surface area (Å²) >= 11 is 0. The van der Waals surface area contributed by atoms with E-state index >= 15 is 0 Å². The molecule has 1 aromatic carbocycles. The van der Waals surface area contributed by atoms with E-state index in [1.807, 2.05) is 0 Å². The lowest BCUT2D eigenvalue weighted by Gasteiger charge is -2.30. The van der Waals surface area contributed by atoms with Gasteiger partial charge in [0.2, 0.25) is 0 Å². The number of ether oxygens (including phenoxy) is 1. The average Bonchev–Trinajstić information content (AvgIpc) is 2.45. The minimum Gasteiger partial charge on any atom is -0.465 e. The molecule has 1 aromatic rings. The van der Waals surface area contributed by atoms with Crippen LogP contribution in [0.2, 0.25) is 0 Å². The van der Waals surface area contributed by atoms with Crippen molar-refractivity contribution in [1.29, 1.82) is 0 Å². The molecule has 0 unspecified atom stereocenters. The average molecular weight is 339 g/mol. The molecule has 2 rings (SSSR count). The van der Waals surface area contributed by atoms with Gasteiger partial charge in [-0.05, 0) is 44.9 Å². The number of hydrogen-bond donors (Lipinski definition) is 1. The number of esters is 1. The first-order valence-corrected chi connectivity index (χ1v) is 7.47. The molecule has 0 aliphatic carbocycles. The van der Waals surface area contributed by atoms with Crippen LogP contribution >= 0.6 is 0 Å². The molecule has 0 fully saturated rings. The fraction of sp³-hybridized carbons (Fsp3) is 0.412. The molecular weight excluding hydrogens is 320 g/mol. The molecule has 1 heterocycles. The molecule has 0 radical (unpaired) electrons. The van der Waals surface area contributed by atoms with Crippen molar-refractivity contribution in [3.8, 4) is 0 Å². The van der Waals surface area contributed by atoms with Gasteiger partial charge in [0.15, 0.2) is 0 Å². The van der Waals surface area contributed by atoms with E-state index in [2.05, 4.69) is 0 Å². The lowest BCUT2D eigenvalue weighted by Crippen LogP contribution is -2.39. The van der Waals surface area contributed by atoms with Crippen LogP contribution in [0.15, 0.2) is 23.8 Å². The summed E-state index contributed by atoms with van der Waals surface area (Å²) in [5, 5.41) is 9.15. The highest BCUT2D eigenvalue weighted by Gasteiger charge is 2.31. The first-order chi connectivity index (χ1) is 11.1. The summed E-state index contributed by atoms with van der Waals surface area (Å²) in [4.78, 5) is 24.7. The first kappa shape index (κ1) is 17.9. The molecule has 1 N–H and O–H groups in total. The highest BCUT2D eigenvalue weighted by molar-refractivity contribution is 5.99. The molecule has 0 spiro atoms. The molecule has 0 saturated carbocycles. The van der Waals surface area contributed by atoms with Crippen molar-refractivity contribution >= 4 is 17.6 Å². The Balaban J connectivity index is 2.49. The minimum atomic E-state index is -1.17. The quantitative estimate of drug-likeness (QED) is 0.838. The van der Waals surface area contributed by atoms with E-state index in [0.29, 0.717) is 5.57 Å². The van der Waals surface area contributed by atoms with E-state index in [1.54, 1.807) is 20.8 Å². The molecule has 0 aromatic heterocycles. The highest BCUT2D eigenvalue weighted by atomic mass is 19.1. The van der Waals surface area contributed by atoms with Gasteiger partial charge >= 0.3 is 12.1 Å². The van der Waals surface area contributed by atoms with Crippen LogP contribution in [0.4, 0.5) is 13.6 Å². The van der Waals surface area contributed by atoms with Crippen LogP contribution in [0.5, 0.6) is 0 Å². The largest absolute Gasteiger partial charge is 0.465 e. The summed E-state index contributed by atoms with van der Waals surface area (Å²) in [6, 6.07) is 3.08. The van der Waals surface area contributed by atoms with Crippen LogP contribution in [0.25, 0.3) is 5.57 Å². The van der Waals surface area contributed by atoms with Gasteiger partial charge in [-0.2, -0.15) is 0 Å². The van der Waals surface area contributed by atoms with Gasteiger partial charge < -0.3 is 14.7 Å². The van der Waals surface area contributed by atoms with E-state index in [1.165, 1.54) is 6.07 Å². The van der Waals surface area contributed by atoms with Crippen molar-refractivity contribution in [3.63, 3.8) is 0 Å². The number of carbonyl (C=O) groups excluding carboxylic acids is 1. The maximum atomic E-state index is 14.1. The highest BCUT2D eigenvalue weighted by Crippen LogP contribution is 2.31. The van der Waals surface area contributed by atoms with Gasteiger partial charge in [-0.15, -0.1) is 0 Å². The summed E-state index contributed by atoms with van der Waals surface area (Å²) in [5.41, 5.74) is -0.271. The molecular formula is C17H19F2NO4. The number of nitrogens with zero attached hydrogens (tertiary/aromatic N) is 1. The number of carboxylic acid groups (broad SMARTS) is 1. The zero-order chi connectivity index (χ0) is 18.1. The van der Waals surface area contributed by atoms with Gasteiger partial charge in [0.1, 0.15) is 17.2 Å². The van der Waals surface area contributed by atoms with Gasteiger partial charge in [-0.3, -0.25) is 0 Å². The van der Waals surface area contributed by atoms with Gasteiger partial charge in [0, 0.05) is 18.2 Å². The Kier molecular flexibility index (Phi) is 4.91. The molecule has 0 saturated heterocycles. The van der Waals surface area contributed by atoms with Crippen molar-refractivity contribution in [2.75, 3.05) is 13.1 Å². The zero-order valence-corrected chi connectivity index (χ0v) is 13.7. The number of amides is 1. The summed E-state index contributed by atoms with van der Waals surface area (Å²) < 4.78 is 32.5. The second-order valence-corrected chi connectivity index (χ2v) is 6.54. The van der Waals surface area contributed by atoms with Gasteiger partial charge in [0.25, 0.3) is 0 Å². The Morgan fingerprint density at radius 3 is 2.46 bits per heavy atom. The molecule has 24 heavy (non-hydrogen) atoms. The van der Waals surface area contributed by atoms with Crippen LogP contribution in [0, 0.1) is 11.6 Å². The molecule has 0 atom stereocenters. The number of hydrogen-bond acceptors (Lipinski definition) is 3. The third-order valence-corrected chi connectivity index (χ3v) is 3.52. The lowest BCUT2D eigenvalue weighted by molar-refractivity contribution is -0.150. The Bertz CT molecular complexity index is 707. The monoisotopic (exact) mass is 339 g/mol. The number of benzene rings is 1. The summed E-state index contributed by atoms with van der Waals surface area (Å²) in [6.45, 7) is 4.97. The zero-order valence-electron chi connectivity index (χ0n) is 13.7. The van der Waals surface area contributed by atoms with E-state index in [4.69, 9.17) is 9.84 Å². The standard InChI is InChI=1S/C17H19F2NO4/c1-17(2,3)24-15(21)13-9-20(16(22)23)7-6-11(13)12-5-4-10(18)8-14(12)19/h4-5,8H,6-7,9H2,1-3H3,(H,22,23). The lowest BCUT2D eigenvalue weighted by atomic mass is 9.93. The SMILES string of the molecule is CC(C)(C)OC(=O)C1=C(c2ccc(F)cc2F)CCN(C(=O)O)C1. The molecule has 1 aliphatic rings. The van der Waals surface area contributed by atoms with Crippen LogP contribution in [0.1, 0.15) is 32.8 Å². The topological polar surface area (TPSA) is 66.8 Å². The number of halogens is 2.